The maximum atomic E-state index is 13.2. The Hall–Kier alpha value is -1.07. The van der Waals surface area contributed by atoms with Gasteiger partial charge in [-0.25, -0.2) is 13.2 Å². The van der Waals surface area contributed by atoms with Crippen LogP contribution in [0.15, 0.2) is 12.1 Å². The van der Waals surface area contributed by atoms with E-state index in [-0.39, 0.29) is 6.04 Å². The van der Waals surface area contributed by atoms with Crippen molar-refractivity contribution < 1.29 is 13.2 Å². The molecule has 2 atom stereocenters. The van der Waals surface area contributed by atoms with Crippen molar-refractivity contribution in [1.29, 1.82) is 0 Å². The fourth-order valence-electron chi connectivity index (χ4n) is 2.94. The zero-order valence-corrected chi connectivity index (χ0v) is 11.7. The Balaban J connectivity index is 2.09. The highest BCUT2D eigenvalue weighted by Crippen LogP contribution is 2.26. The second-order valence-corrected chi connectivity index (χ2v) is 5.53. The first-order chi connectivity index (χ1) is 9.55. The minimum atomic E-state index is -1.41. The highest BCUT2D eigenvalue weighted by Gasteiger charge is 2.27. The van der Waals surface area contributed by atoms with Crippen LogP contribution < -0.4 is 5.73 Å². The molecule has 1 fully saturated rings. The number of rotatable bonds is 4. The van der Waals surface area contributed by atoms with Crippen LogP contribution in [-0.4, -0.2) is 24.0 Å². The molecule has 1 saturated heterocycles. The number of hydrogen-bond donors (Lipinski definition) is 1. The number of hydrogen-bond acceptors (Lipinski definition) is 2. The van der Waals surface area contributed by atoms with E-state index in [1.54, 1.807) is 0 Å². The highest BCUT2D eigenvalue weighted by atomic mass is 19.2. The predicted octanol–water partition coefficient (Wildman–Crippen LogP) is 3.05. The Labute approximate surface area is 117 Å². The van der Waals surface area contributed by atoms with Gasteiger partial charge in [0.05, 0.1) is 0 Å². The number of halogens is 3. The van der Waals surface area contributed by atoms with Crippen molar-refractivity contribution >= 4 is 0 Å². The average Bonchev–Trinajstić information content (AvgIpc) is 2.45. The van der Waals surface area contributed by atoms with Gasteiger partial charge in [-0.15, -0.1) is 0 Å². The van der Waals surface area contributed by atoms with Crippen LogP contribution in [0.3, 0.4) is 0 Å². The molecule has 2 N–H and O–H groups in total. The first-order valence-electron chi connectivity index (χ1n) is 7.12. The maximum Gasteiger partial charge on any atom is 0.194 e. The van der Waals surface area contributed by atoms with E-state index in [0.29, 0.717) is 24.6 Å². The third kappa shape index (κ3) is 3.33. The van der Waals surface area contributed by atoms with E-state index in [9.17, 15) is 13.2 Å². The van der Waals surface area contributed by atoms with Crippen LogP contribution in [0.2, 0.25) is 0 Å². The molecule has 1 aromatic rings. The monoisotopic (exact) mass is 286 g/mol. The number of benzene rings is 1. The summed E-state index contributed by atoms with van der Waals surface area (Å²) < 4.78 is 39.4. The van der Waals surface area contributed by atoms with Crippen molar-refractivity contribution in [3.05, 3.63) is 35.1 Å². The van der Waals surface area contributed by atoms with Crippen LogP contribution >= 0.6 is 0 Å². The van der Waals surface area contributed by atoms with Crippen molar-refractivity contribution in [2.24, 2.45) is 11.7 Å². The van der Waals surface area contributed by atoms with Crippen LogP contribution in [0, 0.1) is 23.4 Å². The molecule has 1 aliphatic heterocycles. The normalized spacial score (nSPS) is 24.1. The summed E-state index contributed by atoms with van der Waals surface area (Å²) in [5, 5.41) is 0. The lowest BCUT2D eigenvalue weighted by Crippen LogP contribution is -2.46. The molecule has 1 aromatic carbocycles. The minimum absolute atomic E-state index is 0.227. The molecule has 0 aromatic heterocycles. The fraction of sp³-hybridized carbons (Fsp3) is 0.600. The predicted molar refractivity (Wildman–Crippen MR) is 72.6 cm³/mol. The third-order valence-corrected chi connectivity index (χ3v) is 4.23. The Morgan fingerprint density at radius 1 is 1.25 bits per heavy atom. The van der Waals surface area contributed by atoms with Gasteiger partial charge in [-0.2, -0.15) is 0 Å². The molecule has 112 valence electrons. The second kappa shape index (κ2) is 6.59. The first-order valence-corrected chi connectivity index (χ1v) is 7.12. The third-order valence-electron chi connectivity index (χ3n) is 4.23. The molecule has 0 saturated carbocycles. The summed E-state index contributed by atoms with van der Waals surface area (Å²) in [6.45, 7) is 3.97. The Morgan fingerprint density at radius 2 is 1.90 bits per heavy atom. The summed E-state index contributed by atoms with van der Waals surface area (Å²) in [5.41, 5.74) is 6.25. The fourth-order valence-corrected chi connectivity index (χ4v) is 2.94. The molecule has 0 bridgehead atoms. The number of piperidine rings is 1. The lowest BCUT2D eigenvalue weighted by molar-refractivity contribution is 0.107. The van der Waals surface area contributed by atoms with Crippen LogP contribution in [0.1, 0.15) is 31.7 Å². The summed E-state index contributed by atoms with van der Waals surface area (Å²) in [6, 6.07) is 2.36. The van der Waals surface area contributed by atoms with Gasteiger partial charge in [0.1, 0.15) is 0 Å². The van der Waals surface area contributed by atoms with Crippen molar-refractivity contribution in [1.82, 2.24) is 4.90 Å². The molecule has 0 aliphatic carbocycles. The van der Waals surface area contributed by atoms with E-state index in [2.05, 4.69) is 11.8 Å². The van der Waals surface area contributed by atoms with Gasteiger partial charge in [0, 0.05) is 19.1 Å². The van der Waals surface area contributed by atoms with Gasteiger partial charge in [-0.3, -0.25) is 4.90 Å². The van der Waals surface area contributed by atoms with E-state index < -0.39 is 17.5 Å². The number of nitrogens with zero attached hydrogens (tertiary/aromatic N) is 1. The van der Waals surface area contributed by atoms with Crippen molar-refractivity contribution in [2.75, 3.05) is 13.1 Å². The molecule has 20 heavy (non-hydrogen) atoms. The minimum Gasteiger partial charge on any atom is -0.329 e. The quantitative estimate of drug-likeness (QED) is 0.862. The molecule has 0 amide bonds. The molecule has 1 heterocycles. The van der Waals surface area contributed by atoms with Gasteiger partial charge in [0.25, 0.3) is 0 Å². The summed E-state index contributed by atoms with van der Waals surface area (Å²) in [6.07, 6.45) is 3.21. The smallest absolute Gasteiger partial charge is 0.194 e. The van der Waals surface area contributed by atoms with E-state index >= 15 is 0 Å². The first kappa shape index (κ1) is 15.3. The van der Waals surface area contributed by atoms with Gasteiger partial charge < -0.3 is 5.73 Å². The van der Waals surface area contributed by atoms with E-state index in [4.69, 9.17) is 5.73 Å². The summed E-state index contributed by atoms with van der Waals surface area (Å²) in [7, 11) is 0. The van der Waals surface area contributed by atoms with Gasteiger partial charge in [0.15, 0.2) is 17.5 Å². The average molecular weight is 286 g/mol. The largest absolute Gasteiger partial charge is 0.329 e. The summed E-state index contributed by atoms with van der Waals surface area (Å²) in [4.78, 5) is 2.14. The zero-order valence-electron chi connectivity index (χ0n) is 11.7. The zero-order chi connectivity index (χ0) is 14.7. The molecule has 2 unspecified atom stereocenters. The molecular formula is C15H21F3N2. The Kier molecular flexibility index (Phi) is 5.05. The lowest BCUT2D eigenvalue weighted by atomic mass is 9.88. The standard InChI is InChI=1S/C15H21F3N2/c1-2-10-3-4-20(12(5-10)8-19)9-11-6-13(16)15(18)14(17)7-11/h6-7,10,12H,2-5,8-9,19H2,1H3. The van der Waals surface area contributed by atoms with E-state index in [1.807, 2.05) is 0 Å². The van der Waals surface area contributed by atoms with Gasteiger partial charge in [0.2, 0.25) is 0 Å². The number of nitrogens with two attached hydrogens (primary N) is 1. The van der Waals surface area contributed by atoms with Crippen molar-refractivity contribution in [2.45, 2.75) is 38.8 Å². The molecule has 0 spiro atoms. The molecular weight excluding hydrogens is 265 g/mol. The number of likely N-dealkylation sites (tertiary alicyclic amines) is 1. The van der Waals surface area contributed by atoms with Crippen LogP contribution in [0.4, 0.5) is 13.2 Å². The van der Waals surface area contributed by atoms with Gasteiger partial charge in [-0.1, -0.05) is 13.3 Å². The van der Waals surface area contributed by atoms with Crippen LogP contribution in [0.25, 0.3) is 0 Å². The van der Waals surface area contributed by atoms with Crippen LogP contribution in [-0.2, 0) is 6.54 Å². The van der Waals surface area contributed by atoms with E-state index in [1.165, 1.54) is 0 Å². The van der Waals surface area contributed by atoms with Gasteiger partial charge >= 0.3 is 0 Å². The second-order valence-electron chi connectivity index (χ2n) is 5.53. The topological polar surface area (TPSA) is 29.3 Å². The maximum absolute atomic E-state index is 13.2. The molecule has 5 heteroatoms. The van der Waals surface area contributed by atoms with Crippen molar-refractivity contribution in [3.63, 3.8) is 0 Å². The van der Waals surface area contributed by atoms with Crippen LogP contribution in [0.5, 0.6) is 0 Å². The van der Waals surface area contributed by atoms with E-state index in [0.717, 1.165) is 37.9 Å². The lowest BCUT2D eigenvalue weighted by Gasteiger charge is -2.38. The SMILES string of the molecule is CCC1CCN(Cc2cc(F)c(F)c(F)c2)C(CN)C1. The van der Waals surface area contributed by atoms with Gasteiger partial charge in [-0.05, 0) is 43.0 Å². The highest BCUT2D eigenvalue weighted by molar-refractivity contribution is 5.19. The molecule has 2 rings (SSSR count). The summed E-state index contributed by atoms with van der Waals surface area (Å²) in [5.74, 6) is -3.00. The molecule has 0 radical (unpaired) electrons. The Morgan fingerprint density at radius 3 is 2.45 bits per heavy atom. The molecule has 2 nitrogen and oxygen atoms in total. The Bertz CT molecular complexity index is 441. The summed E-state index contributed by atoms with van der Waals surface area (Å²) >= 11 is 0. The molecule has 1 aliphatic rings. The van der Waals surface area contributed by atoms with Crippen molar-refractivity contribution in [3.8, 4) is 0 Å².